The molecule has 1 aliphatic carbocycles. The second-order valence-corrected chi connectivity index (χ2v) is 8.72. The summed E-state index contributed by atoms with van der Waals surface area (Å²) in [5.74, 6) is 1.00. The number of hydrogen-bond acceptors (Lipinski definition) is 5. The molecule has 0 amide bonds. The third-order valence-corrected chi connectivity index (χ3v) is 6.17. The van der Waals surface area contributed by atoms with Crippen LogP contribution in [0.5, 0.6) is 5.75 Å². The molecule has 0 unspecified atom stereocenters. The van der Waals surface area contributed by atoms with Crippen LogP contribution in [0.25, 0.3) is 16.9 Å². The van der Waals surface area contributed by atoms with E-state index in [1.807, 2.05) is 25.1 Å². The summed E-state index contributed by atoms with van der Waals surface area (Å²) in [4.78, 5) is 12.5. The molecule has 2 aromatic carbocycles. The molecule has 1 fully saturated rings. The quantitative estimate of drug-likeness (QED) is 0.411. The van der Waals surface area contributed by atoms with Crippen molar-refractivity contribution in [1.82, 2.24) is 29.6 Å². The van der Waals surface area contributed by atoms with Crippen LogP contribution in [0.4, 0.5) is 13.2 Å². The lowest BCUT2D eigenvalue weighted by atomic mass is 10.0. The van der Waals surface area contributed by atoms with Crippen molar-refractivity contribution in [3.05, 3.63) is 75.3 Å². The van der Waals surface area contributed by atoms with Gasteiger partial charge in [-0.25, -0.2) is 4.79 Å². The molecule has 4 aromatic rings. The lowest BCUT2D eigenvalue weighted by Gasteiger charge is -2.16. The number of alkyl halides is 3. The van der Waals surface area contributed by atoms with Gasteiger partial charge in [0.1, 0.15) is 18.1 Å². The van der Waals surface area contributed by atoms with Crippen LogP contribution in [0.3, 0.4) is 0 Å². The van der Waals surface area contributed by atoms with E-state index < -0.39 is 11.9 Å². The Morgan fingerprint density at radius 1 is 1.06 bits per heavy atom. The first-order chi connectivity index (χ1) is 16.6. The predicted octanol–water partition coefficient (Wildman–Crippen LogP) is 4.15. The van der Waals surface area contributed by atoms with Crippen molar-refractivity contribution >= 4 is 0 Å². The average molecular weight is 484 g/mol. The molecule has 8 nitrogen and oxygen atoms in total. The van der Waals surface area contributed by atoms with E-state index in [9.17, 15) is 18.0 Å². The van der Waals surface area contributed by atoms with Crippen LogP contribution in [-0.2, 0) is 26.9 Å². The van der Waals surface area contributed by atoms with Crippen molar-refractivity contribution in [1.29, 1.82) is 0 Å². The number of nitrogens with zero attached hydrogens (tertiary/aromatic N) is 6. The van der Waals surface area contributed by atoms with Crippen LogP contribution in [-0.4, -0.2) is 29.6 Å². The Hall–Kier alpha value is -3.89. The lowest BCUT2D eigenvalue weighted by Crippen LogP contribution is -2.23. The molecule has 1 saturated carbocycles. The molecular weight excluding hydrogens is 461 g/mol. The third-order valence-electron chi connectivity index (χ3n) is 6.17. The van der Waals surface area contributed by atoms with Crippen molar-refractivity contribution in [2.45, 2.75) is 38.5 Å². The third kappa shape index (κ3) is 4.33. The number of aryl methyl sites for hydroxylation is 3. The van der Waals surface area contributed by atoms with E-state index >= 15 is 0 Å². The van der Waals surface area contributed by atoms with Gasteiger partial charge in [-0.05, 0) is 77.6 Å². The minimum atomic E-state index is -4.48. The Morgan fingerprint density at radius 3 is 2.43 bits per heavy atom. The van der Waals surface area contributed by atoms with Gasteiger partial charge in [-0.3, -0.25) is 4.68 Å². The molecule has 0 N–H and O–H groups in total. The van der Waals surface area contributed by atoms with Gasteiger partial charge in [0.05, 0.1) is 11.4 Å². The zero-order chi connectivity index (χ0) is 24.9. The SMILES string of the molecule is Cc1cc(-c2cc(C(F)(F)F)n(C)n2)ccc1OCc1c(C2CC2)cccc1-n1nnn(C)c1=O. The molecular formula is C24H23F3N6O2. The van der Waals surface area contributed by atoms with Crippen LogP contribution in [0.15, 0.2) is 47.3 Å². The van der Waals surface area contributed by atoms with Crippen molar-refractivity contribution in [3.8, 4) is 22.7 Å². The Balaban J connectivity index is 1.44. The highest BCUT2D eigenvalue weighted by Gasteiger charge is 2.35. The number of aromatic nitrogens is 6. The van der Waals surface area contributed by atoms with Crippen LogP contribution in [0.2, 0.25) is 0 Å². The minimum absolute atomic E-state index is 0.201. The molecule has 0 spiro atoms. The van der Waals surface area contributed by atoms with Gasteiger partial charge in [0.2, 0.25) is 0 Å². The lowest BCUT2D eigenvalue weighted by molar-refractivity contribution is -0.143. The fourth-order valence-electron chi connectivity index (χ4n) is 4.18. The molecule has 2 heterocycles. The molecule has 0 radical (unpaired) electrons. The van der Waals surface area contributed by atoms with E-state index in [4.69, 9.17) is 4.74 Å². The first-order valence-corrected chi connectivity index (χ1v) is 11.1. The molecule has 5 rings (SSSR count). The fraction of sp³-hybridized carbons (Fsp3) is 0.333. The maximum atomic E-state index is 13.1. The van der Waals surface area contributed by atoms with E-state index in [2.05, 4.69) is 15.5 Å². The van der Waals surface area contributed by atoms with Gasteiger partial charge in [-0.2, -0.15) is 27.6 Å². The van der Waals surface area contributed by atoms with Gasteiger partial charge in [-0.1, -0.05) is 12.1 Å². The molecule has 0 saturated heterocycles. The van der Waals surface area contributed by atoms with Crippen molar-refractivity contribution in [3.63, 3.8) is 0 Å². The largest absolute Gasteiger partial charge is 0.489 e. The van der Waals surface area contributed by atoms with Gasteiger partial charge in [0, 0.05) is 25.2 Å². The maximum Gasteiger partial charge on any atom is 0.433 e. The predicted molar refractivity (Wildman–Crippen MR) is 121 cm³/mol. The molecule has 0 aliphatic heterocycles. The van der Waals surface area contributed by atoms with Crippen molar-refractivity contribution in [2.75, 3.05) is 0 Å². The fourth-order valence-corrected chi connectivity index (χ4v) is 4.18. The zero-order valence-electron chi connectivity index (χ0n) is 19.4. The summed E-state index contributed by atoms with van der Waals surface area (Å²) in [6, 6.07) is 11.9. The van der Waals surface area contributed by atoms with E-state index in [0.29, 0.717) is 22.9 Å². The maximum absolute atomic E-state index is 13.1. The molecule has 1 aliphatic rings. The zero-order valence-corrected chi connectivity index (χ0v) is 19.4. The highest BCUT2D eigenvalue weighted by atomic mass is 19.4. The van der Waals surface area contributed by atoms with Crippen LogP contribution in [0.1, 0.15) is 41.1 Å². The highest BCUT2D eigenvalue weighted by molar-refractivity contribution is 5.62. The van der Waals surface area contributed by atoms with E-state index in [1.54, 1.807) is 18.2 Å². The molecule has 182 valence electrons. The van der Waals surface area contributed by atoms with Crippen LogP contribution >= 0.6 is 0 Å². The van der Waals surface area contributed by atoms with E-state index in [-0.39, 0.29) is 18.0 Å². The summed E-state index contributed by atoms with van der Waals surface area (Å²) in [6.45, 7) is 2.03. The van der Waals surface area contributed by atoms with E-state index in [1.165, 1.54) is 23.5 Å². The van der Waals surface area contributed by atoms with Crippen LogP contribution < -0.4 is 10.4 Å². The molecule has 11 heteroatoms. The summed E-state index contributed by atoms with van der Waals surface area (Å²) < 4.78 is 48.8. The monoisotopic (exact) mass is 484 g/mol. The van der Waals surface area contributed by atoms with Crippen molar-refractivity contribution in [2.24, 2.45) is 14.1 Å². The summed E-state index contributed by atoms with van der Waals surface area (Å²) in [7, 11) is 2.81. The van der Waals surface area contributed by atoms with Crippen LogP contribution in [0, 0.1) is 6.92 Å². The summed E-state index contributed by atoms with van der Waals surface area (Å²) in [5, 5.41) is 11.8. The van der Waals surface area contributed by atoms with Gasteiger partial charge in [0.25, 0.3) is 0 Å². The molecule has 35 heavy (non-hydrogen) atoms. The number of benzene rings is 2. The average Bonchev–Trinajstić information content (AvgIpc) is 3.50. The highest BCUT2D eigenvalue weighted by Crippen LogP contribution is 2.43. The summed E-state index contributed by atoms with van der Waals surface area (Å²) in [5.41, 5.74) is 2.98. The number of ether oxygens (including phenoxy) is 1. The Bertz CT molecular complexity index is 1460. The smallest absolute Gasteiger partial charge is 0.433 e. The number of rotatable bonds is 6. The number of halogens is 3. The Labute approximate surface area is 198 Å². The number of tetrazole rings is 1. The Kier molecular flexibility index (Phi) is 5.49. The summed E-state index contributed by atoms with van der Waals surface area (Å²) in [6.07, 6.45) is -2.33. The standard InChI is InChI=1S/C24H23F3N6O2/c1-14-11-16(19-12-22(24(25,26)27)31(2)28-19)9-10-21(14)35-13-18-17(15-7-8-15)5-4-6-20(18)33-23(34)32(3)29-30-33/h4-6,9-12,15H,7-8,13H2,1-3H3. The van der Waals surface area contributed by atoms with Gasteiger partial charge >= 0.3 is 11.9 Å². The van der Waals surface area contributed by atoms with Gasteiger partial charge in [0.15, 0.2) is 0 Å². The molecule has 0 atom stereocenters. The second-order valence-electron chi connectivity index (χ2n) is 8.72. The number of hydrogen-bond donors (Lipinski definition) is 0. The summed E-state index contributed by atoms with van der Waals surface area (Å²) >= 11 is 0. The van der Waals surface area contributed by atoms with Gasteiger partial charge < -0.3 is 4.74 Å². The van der Waals surface area contributed by atoms with Gasteiger partial charge in [-0.15, -0.1) is 0 Å². The normalized spacial score (nSPS) is 13.9. The first kappa shape index (κ1) is 22.9. The first-order valence-electron chi connectivity index (χ1n) is 11.1. The topological polar surface area (TPSA) is 79.8 Å². The van der Waals surface area contributed by atoms with E-state index in [0.717, 1.165) is 40.3 Å². The Morgan fingerprint density at radius 2 is 1.83 bits per heavy atom. The second kappa shape index (κ2) is 8.40. The van der Waals surface area contributed by atoms with Crippen molar-refractivity contribution < 1.29 is 17.9 Å². The minimum Gasteiger partial charge on any atom is -0.489 e. The molecule has 2 aromatic heterocycles. The molecule has 0 bridgehead atoms.